The Labute approximate surface area is 336 Å². The molecule has 6 nitrogen and oxygen atoms in total. The number of esters is 3. The molecule has 0 rings (SSSR count). The molecule has 6 heteroatoms. The van der Waals surface area contributed by atoms with E-state index in [1.807, 2.05) is 0 Å². The van der Waals surface area contributed by atoms with Gasteiger partial charge in [0.1, 0.15) is 13.2 Å². The Hall–Kier alpha value is -1.59. The summed E-state index contributed by atoms with van der Waals surface area (Å²) in [5, 5.41) is 0. The number of rotatable bonds is 42. The summed E-state index contributed by atoms with van der Waals surface area (Å²) in [6, 6.07) is 0. The Balaban J connectivity index is 4.11. The van der Waals surface area contributed by atoms with Gasteiger partial charge in [0.05, 0.1) is 0 Å². The monoisotopic (exact) mass is 765 g/mol. The first-order valence-corrected chi connectivity index (χ1v) is 23.8. The van der Waals surface area contributed by atoms with Crippen molar-refractivity contribution in [3.05, 3.63) is 0 Å². The van der Waals surface area contributed by atoms with Crippen LogP contribution in [0.15, 0.2) is 0 Å². The number of hydrogen-bond acceptors (Lipinski definition) is 6. The van der Waals surface area contributed by atoms with Crippen LogP contribution in [-0.4, -0.2) is 37.2 Å². The van der Waals surface area contributed by atoms with Gasteiger partial charge in [-0.2, -0.15) is 0 Å². The Kier molecular flexibility index (Phi) is 39.8. The fourth-order valence-electron chi connectivity index (χ4n) is 7.07. The zero-order valence-electron chi connectivity index (χ0n) is 36.8. The third-order valence-corrected chi connectivity index (χ3v) is 11.1. The van der Waals surface area contributed by atoms with Crippen LogP contribution in [0.1, 0.15) is 259 Å². The normalized spacial score (nSPS) is 12.6. The van der Waals surface area contributed by atoms with Gasteiger partial charge < -0.3 is 14.2 Å². The van der Waals surface area contributed by atoms with Crippen LogP contribution in [0.2, 0.25) is 0 Å². The van der Waals surface area contributed by atoms with Crippen LogP contribution in [0.5, 0.6) is 0 Å². The van der Waals surface area contributed by atoms with Gasteiger partial charge in [0.15, 0.2) is 6.10 Å². The topological polar surface area (TPSA) is 78.9 Å². The summed E-state index contributed by atoms with van der Waals surface area (Å²) in [6.07, 6.45) is 39.8. The number of hydrogen-bond donors (Lipinski definition) is 0. The van der Waals surface area contributed by atoms with Crippen molar-refractivity contribution in [3.63, 3.8) is 0 Å². The van der Waals surface area contributed by atoms with E-state index in [0.29, 0.717) is 19.3 Å². The molecule has 2 atom stereocenters. The van der Waals surface area contributed by atoms with Crippen molar-refractivity contribution in [2.24, 2.45) is 11.8 Å². The van der Waals surface area contributed by atoms with Gasteiger partial charge in [-0.1, -0.05) is 221 Å². The summed E-state index contributed by atoms with van der Waals surface area (Å²) in [5.41, 5.74) is 0. The maximum absolute atomic E-state index is 12.7. The van der Waals surface area contributed by atoms with Crippen molar-refractivity contribution in [2.45, 2.75) is 265 Å². The first kappa shape index (κ1) is 52.4. The van der Waals surface area contributed by atoms with Crippen LogP contribution >= 0.6 is 0 Å². The SMILES string of the molecule is CCCCCCCC(=O)OC[C@H](COC(=O)CCCCCCCCCCCCCCCCCCC(C)C)OC(=O)CCCCCCCCCCC(C)CC. The molecule has 0 aliphatic carbocycles. The third-order valence-electron chi connectivity index (χ3n) is 11.1. The van der Waals surface area contributed by atoms with Gasteiger partial charge in [0.2, 0.25) is 0 Å². The average Bonchev–Trinajstić information content (AvgIpc) is 3.15. The lowest BCUT2D eigenvalue weighted by Gasteiger charge is -2.18. The Morgan fingerprint density at radius 1 is 0.389 bits per heavy atom. The first-order valence-electron chi connectivity index (χ1n) is 23.8. The van der Waals surface area contributed by atoms with E-state index in [1.165, 1.54) is 141 Å². The van der Waals surface area contributed by atoms with Gasteiger partial charge in [-0.15, -0.1) is 0 Å². The second-order valence-electron chi connectivity index (χ2n) is 17.1. The molecule has 0 saturated heterocycles. The molecule has 0 bridgehead atoms. The summed E-state index contributed by atoms with van der Waals surface area (Å²) < 4.78 is 16.6. The van der Waals surface area contributed by atoms with Gasteiger partial charge in [-0.25, -0.2) is 0 Å². The highest BCUT2D eigenvalue weighted by molar-refractivity contribution is 5.71. The smallest absolute Gasteiger partial charge is 0.306 e. The molecule has 0 saturated carbocycles. The van der Waals surface area contributed by atoms with E-state index >= 15 is 0 Å². The lowest BCUT2D eigenvalue weighted by molar-refractivity contribution is -0.167. The summed E-state index contributed by atoms with van der Waals surface area (Å²) in [6.45, 7) is 11.3. The second-order valence-corrected chi connectivity index (χ2v) is 17.1. The molecule has 0 heterocycles. The van der Waals surface area contributed by atoms with Crippen molar-refractivity contribution >= 4 is 17.9 Å². The van der Waals surface area contributed by atoms with Gasteiger partial charge in [0, 0.05) is 19.3 Å². The van der Waals surface area contributed by atoms with Crippen molar-refractivity contribution in [2.75, 3.05) is 13.2 Å². The molecule has 0 spiro atoms. The van der Waals surface area contributed by atoms with Crippen LogP contribution in [0.25, 0.3) is 0 Å². The fraction of sp³-hybridized carbons (Fsp3) is 0.938. The maximum Gasteiger partial charge on any atom is 0.306 e. The van der Waals surface area contributed by atoms with Crippen molar-refractivity contribution < 1.29 is 28.6 Å². The number of ether oxygens (including phenoxy) is 3. The van der Waals surface area contributed by atoms with Crippen LogP contribution in [-0.2, 0) is 28.6 Å². The lowest BCUT2D eigenvalue weighted by atomic mass is 9.99. The summed E-state index contributed by atoms with van der Waals surface area (Å²) in [7, 11) is 0. The molecule has 0 aromatic carbocycles. The highest BCUT2D eigenvalue weighted by Crippen LogP contribution is 2.17. The molecule has 0 aromatic rings. The van der Waals surface area contributed by atoms with Crippen LogP contribution in [0.3, 0.4) is 0 Å². The lowest BCUT2D eigenvalue weighted by Crippen LogP contribution is -2.30. The Morgan fingerprint density at radius 2 is 0.704 bits per heavy atom. The summed E-state index contributed by atoms with van der Waals surface area (Å²) in [5.74, 6) is 0.828. The zero-order valence-corrected chi connectivity index (χ0v) is 36.8. The molecule has 0 aliphatic heterocycles. The van der Waals surface area contributed by atoms with Crippen molar-refractivity contribution in [1.82, 2.24) is 0 Å². The van der Waals surface area contributed by atoms with E-state index in [1.54, 1.807) is 0 Å². The van der Waals surface area contributed by atoms with E-state index < -0.39 is 6.10 Å². The molecule has 0 aliphatic rings. The summed E-state index contributed by atoms with van der Waals surface area (Å²) in [4.78, 5) is 37.5. The van der Waals surface area contributed by atoms with Gasteiger partial charge in [-0.05, 0) is 31.1 Å². The van der Waals surface area contributed by atoms with E-state index in [9.17, 15) is 14.4 Å². The maximum atomic E-state index is 12.7. The van der Waals surface area contributed by atoms with Crippen LogP contribution in [0, 0.1) is 11.8 Å². The number of carbonyl (C=O) groups is 3. The highest BCUT2D eigenvalue weighted by Gasteiger charge is 2.19. The largest absolute Gasteiger partial charge is 0.462 e. The zero-order chi connectivity index (χ0) is 39.7. The predicted octanol–water partition coefficient (Wildman–Crippen LogP) is 15.0. The quantitative estimate of drug-likeness (QED) is 0.0350. The number of unbranched alkanes of at least 4 members (excludes halogenated alkanes) is 26. The summed E-state index contributed by atoms with van der Waals surface area (Å²) >= 11 is 0. The van der Waals surface area contributed by atoms with Gasteiger partial charge in [0.25, 0.3) is 0 Å². The molecule has 54 heavy (non-hydrogen) atoms. The minimum absolute atomic E-state index is 0.0656. The standard InChI is InChI=1S/C48H92O6/c1-6-8-9-26-33-38-46(49)52-41-45(54-48(51)40-35-30-25-21-20-23-28-32-37-44(5)7-2)42-53-47(50)39-34-29-24-19-17-15-13-11-10-12-14-16-18-22-27-31-36-43(3)4/h43-45H,6-42H2,1-5H3/t44?,45-/m1/s1. The minimum atomic E-state index is -0.759. The molecular weight excluding hydrogens is 673 g/mol. The second kappa shape index (κ2) is 41.1. The molecule has 0 N–H and O–H groups in total. The van der Waals surface area contributed by atoms with Crippen molar-refractivity contribution in [3.8, 4) is 0 Å². The molecule has 1 unspecified atom stereocenters. The van der Waals surface area contributed by atoms with E-state index in [2.05, 4.69) is 34.6 Å². The minimum Gasteiger partial charge on any atom is -0.462 e. The van der Waals surface area contributed by atoms with Gasteiger partial charge >= 0.3 is 17.9 Å². The van der Waals surface area contributed by atoms with Crippen molar-refractivity contribution in [1.29, 1.82) is 0 Å². The molecular formula is C48H92O6. The van der Waals surface area contributed by atoms with E-state index in [-0.39, 0.29) is 31.1 Å². The number of carbonyl (C=O) groups excluding carboxylic acids is 3. The van der Waals surface area contributed by atoms with E-state index in [0.717, 1.165) is 76.0 Å². The molecule has 0 radical (unpaired) electrons. The van der Waals surface area contributed by atoms with Crippen LogP contribution < -0.4 is 0 Å². The Bertz CT molecular complexity index is 826. The average molecular weight is 765 g/mol. The Morgan fingerprint density at radius 3 is 1.06 bits per heavy atom. The van der Waals surface area contributed by atoms with Gasteiger partial charge in [-0.3, -0.25) is 14.4 Å². The van der Waals surface area contributed by atoms with Crippen LogP contribution in [0.4, 0.5) is 0 Å². The molecule has 320 valence electrons. The first-order chi connectivity index (χ1) is 26.3. The fourth-order valence-corrected chi connectivity index (χ4v) is 7.07. The predicted molar refractivity (Wildman–Crippen MR) is 229 cm³/mol. The highest BCUT2D eigenvalue weighted by atomic mass is 16.6. The molecule has 0 amide bonds. The van der Waals surface area contributed by atoms with E-state index in [4.69, 9.17) is 14.2 Å². The molecule has 0 fully saturated rings. The molecule has 0 aromatic heterocycles. The third kappa shape index (κ3) is 40.1.